The number of para-hydroxylation sites is 2. The monoisotopic (exact) mass is 404 g/mol. The highest BCUT2D eigenvalue weighted by atomic mass is 15.2. The van der Waals surface area contributed by atoms with Crippen molar-refractivity contribution in [2.75, 3.05) is 16.8 Å². The van der Waals surface area contributed by atoms with E-state index in [0.29, 0.717) is 0 Å². The van der Waals surface area contributed by atoms with Crippen LogP contribution < -0.4 is 9.80 Å². The summed E-state index contributed by atoms with van der Waals surface area (Å²) in [4.78, 5) is 4.66. The van der Waals surface area contributed by atoms with E-state index in [0.717, 1.165) is 5.69 Å². The Hall–Kier alpha value is -3.52. The van der Waals surface area contributed by atoms with E-state index in [1.54, 1.807) is 0 Å². The van der Waals surface area contributed by atoms with E-state index in [-0.39, 0.29) is 5.41 Å². The first-order chi connectivity index (χ1) is 15.0. The van der Waals surface area contributed by atoms with Crippen LogP contribution in [0.4, 0.5) is 28.4 Å². The predicted octanol–water partition coefficient (Wildman–Crippen LogP) is 7.87. The average Bonchev–Trinajstić information content (AvgIpc) is 2.80. The fourth-order valence-corrected chi connectivity index (χ4v) is 4.74. The van der Waals surface area contributed by atoms with Gasteiger partial charge in [-0.15, -0.1) is 0 Å². The zero-order valence-electron chi connectivity index (χ0n) is 18.6. The molecule has 2 nitrogen and oxygen atoms in total. The largest absolute Gasteiger partial charge is 0.344 e. The molecular weight excluding hydrogens is 376 g/mol. The number of nitrogens with zero attached hydrogens (tertiary/aromatic N) is 2. The molecule has 0 aromatic heterocycles. The fourth-order valence-electron chi connectivity index (χ4n) is 4.74. The Balaban J connectivity index is 1.69. The van der Waals surface area contributed by atoms with Crippen LogP contribution >= 0.6 is 0 Å². The van der Waals surface area contributed by atoms with Gasteiger partial charge in [-0.2, -0.15) is 0 Å². The maximum absolute atomic E-state index is 2.37. The zero-order chi connectivity index (χ0) is 21.6. The van der Waals surface area contributed by atoms with E-state index in [9.17, 15) is 0 Å². The van der Waals surface area contributed by atoms with Gasteiger partial charge in [0.25, 0.3) is 0 Å². The minimum atomic E-state index is -0.0793. The van der Waals surface area contributed by atoms with Crippen LogP contribution in [-0.4, -0.2) is 7.05 Å². The third-order valence-electron chi connectivity index (χ3n) is 6.52. The summed E-state index contributed by atoms with van der Waals surface area (Å²) in [5, 5.41) is 0. The van der Waals surface area contributed by atoms with Gasteiger partial charge in [0.2, 0.25) is 0 Å². The fraction of sp³-hybridized carbons (Fsp3) is 0.172. The lowest BCUT2D eigenvalue weighted by Gasteiger charge is -2.41. The summed E-state index contributed by atoms with van der Waals surface area (Å²) < 4.78 is 0. The number of fused-ring (bicyclic) bond motifs is 2. The summed E-state index contributed by atoms with van der Waals surface area (Å²) in [7, 11) is 2.17. The van der Waals surface area contributed by atoms with Crippen molar-refractivity contribution in [1.29, 1.82) is 0 Å². The molecule has 31 heavy (non-hydrogen) atoms. The maximum Gasteiger partial charge on any atom is 0.0466 e. The van der Waals surface area contributed by atoms with Gasteiger partial charge < -0.3 is 9.80 Å². The highest BCUT2D eigenvalue weighted by Crippen LogP contribution is 2.50. The first kappa shape index (κ1) is 19.4. The Labute approximate surface area is 185 Å². The Kier molecular flexibility index (Phi) is 4.59. The molecule has 2 heteroatoms. The molecule has 4 aromatic carbocycles. The topological polar surface area (TPSA) is 6.48 Å². The first-order valence-electron chi connectivity index (χ1n) is 10.9. The molecule has 4 aromatic rings. The Bertz CT molecular complexity index is 1220. The van der Waals surface area contributed by atoms with Crippen molar-refractivity contribution in [3.63, 3.8) is 0 Å². The van der Waals surface area contributed by atoms with Crippen molar-refractivity contribution in [3.05, 3.63) is 114 Å². The number of aryl methyl sites for hydroxylation is 1. The van der Waals surface area contributed by atoms with E-state index in [4.69, 9.17) is 0 Å². The number of benzene rings is 4. The Morgan fingerprint density at radius 2 is 1.19 bits per heavy atom. The van der Waals surface area contributed by atoms with Gasteiger partial charge in [0.1, 0.15) is 0 Å². The second-order valence-corrected chi connectivity index (χ2v) is 8.91. The number of anilines is 5. The lowest BCUT2D eigenvalue weighted by Crippen LogP contribution is -2.31. The molecular formula is C29H28N2. The smallest absolute Gasteiger partial charge is 0.0466 e. The molecule has 0 aliphatic carbocycles. The normalized spacial score (nSPS) is 14.0. The Morgan fingerprint density at radius 3 is 1.94 bits per heavy atom. The molecule has 0 unspecified atom stereocenters. The minimum absolute atomic E-state index is 0.0793. The van der Waals surface area contributed by atoms with Crippen molar-refractivity contribution in [2.45, 2.75) is 26.2 Å². The van der Waals surface area contributed by atoms with Gasteiger partial charge >= 0.3 is 0 Å². The highest BCUT2D eigenvalue weighted by molar-refractivity contribution is 5.83. The van der Waals surface area contributed by atoms with Gasteiger partial charge in [-0.3, -0.25) is 0 Å². The van der Waals surface area contributed by atoms with Crippen LogP contribution in [0.2, 0.25) is 0 Å². The summed E-state index contributed by atoms with van der Waals surface area (Å²) in [5.74, 6) is 0. The average molecular weight is 405 g/mol. The standard InChI is InChI=1S/C29H28N2/c1-21-14-16-23(17-15-21)31(22-10-6-5-7-11-22)24-18-19-28-26(20-24)29(2,3)25-12-8-9-13-27(25)30(28)4/h5-20H,1-4H3. The Morgan fingerprint density at radius 1 is 0.613 bits per heavy atom. The van der Waals surface area contributed by atoms with Gasteiger partial charge in [-0.1, -0.05) is 67.9 Å². The van der Waals surface area contributed by atoms with Gasteiger partial charge in [0, 0.05) is 40.9 Å². The number of hydrogen-bond acceptors (Lipinski definition) is 2. The molecule has 0 fully saturated rings. The quantitative estimate of drug-likeness (QED) is 0.343. The van der Waals surface area contributed by atoms with E-state index < -0.39 is 0 Å². The molecule has 1 aliphatic rings. The highest BCUT2D eigenvalue weighted by Gasteiger charge is 2.35. The minimum Gasteiger partial charge on any atom is -0.344 e. The van der Waals surface area contributed by atoms with Crippen LogP contribution in [0.5, 0.6) is 0 Å². The lowest BCUT2D eigenvalue weighted by atomic mass is 9.73. The van der Waals surface area contributed by atoms with Gasteiger partial charge in [-0.25, -0.2) is 0 Å². The first-order valence-corrected chi connectivity index (χ1v) is 10.9. The van der Waals surface area contributed by atoms with Crippen LogP contribution in [0.25, 0.3) is 0 Å². The molecule has 1 aliphatic heterocycles. The molecule has 0 bridgehead atoms. The van der Waals surface area contributed by atoms with E-state index in [1.807, 2.05) is 0 Å². The van der Waals surface area contributed by atoms with Crippen molar-refractivity contribution < 1.29 is 0 Å². The van der Waals surface area contributed by atoms with Crippen LogP contribution in [-0.2, 0) is 5.41 Å². The number of rotatable bonds is 3. The molecule has 154 valence electrons. The summed E-state index contributed by atoms with van der Waals surface area (Å²) >= 11 is 0. The summed E-state index contributed by atoms with van der Waals surface area (Å²) in [6.07, 6.45) is 0. The maximum atomic E-state index is 2.37. The molecule has 0 N–H and O–H groups in total. The summed E-state index contributed by atoms with van der Waals surface area (Å²) in [5.41, 5.74) is 9.95. The summed E-state index contributed by atoms with van der Waals surface area (Å²) in [6.45, 7) is 6.80. The van der Waals surface area contributed by atoms with E-state index in [1.165, 1.54) is 39.4 Å². The zero-order valence-corrected chi connectivity index (χ0v) is 18.6. The van der Waals surface area contributed by atoms with Crippen molar-refractivity contribution >= 4 is 28.4 Å². The third kappa shape index (κ3) is 3.19. The van der Waals surface area contributed by atoms with E-state index in [2.05, 4.69) is 135 Å². The van der Waals surface area contributed by atoms with Crippen LogP contribution in [0.15, 0.2) is 97.1 Å². The molecule has 0 atom stereocenters. The molecule has 0 saturated heterocycles. The molecule has 1 heterocycles. The van der Waals surface area contributed by atoms with Crippen molar-refractivity contribution in [3.8, 4) is 0 Å². The van der Waals surface area contributed by atoms with Gasteiger partial charge in [0.15, 0.2) is 0 Å². The van der Waals surface area contributed by atoms with Gasteiger partial charge in [0.05, 0.1) is 0 Å². The van der Waals surface area contributed by atoms with Crippen molar-refractivity contribution in [2.24, 2.45) is 0 Å². The number of hydrogen-bond donors (Lipinski definition) is 0. The second kappa shape index (κ2) is 7.31. The molecule has 0 amide bonds. The second-order valence-electron chi connectivity index (χ2n) is 8.91. The predicted molar refractivity (Wildman–Crippen MR) is 132 cm³/mol. The molecule has 0 radical (unpaired) electrons. The lowest BCUT2D eigenvalue weighted by molar-refractivity contribution is 0.629. The van der Waals surface area contributed by atoms with Crippen molar-refractivity contribution in [1.82, 2.24) is 0 Å². The van der Waals surface area contributed by atoms with Crippen LogP contribution in [0.3, 0.4) is 0 Å². The van der Waals surface area contributed by atoms with Crippen LogP contribution in [0.1, 0.15) is 30.5 Å². The molecule has 0 spiro atoms. The SMILES string of the molecule is Cc1ccc(N(c2ccccc2)c2ccc3c(c2)C(C)(C)c2ccccc2N3C)cc1. The molecule has 0 saturated carbocycles. The van der Waals surface area contributed by atoms with Gasteiger partial charge in [-0.05, 0) is 66.6 Å². The third-order valence-corrected chi connectivity index (χ3v) is 6.52. The van der Waals surface area contributed by atoms with E-state index >= 15 is 0 Å². The summed E-state index contributed by atoms with van der Waals surface area (Å²) in [6, 6.07) is 35.0. The molecule has 5 rings (SSSR count). The van der Waals surface area contributed by atoms with Crippen LogP contribution in [0, 0.1) is 6.92 Å².